The Hall–Kier alpha value is -1.30. The summed E-state index contributed by atoms with van der Waals surface area (Å²) in [6, 6.07) is 5.65. The molecule has 78 valence electrons. The molecule has 0 radical (unpaired) electrons. The fraction of sp³-hybridized carbons (Fsp3) is 0.200. The van der Waals surface area contributed by atoms with Crippen molar-refractivity contribution in [1.82, 2.24) is 9.97 Å². The number of aliphatic hydroxyl groups is 1. The van der Waals surface area contributed by atoms with Gasteiger partial charge in [0.25, 0.3) is 0 Å². The summed E-state index contributed by atoms with van der Waals surface area (Å²) in [6.45, 7) is 0.186. The highest BCUT2D eigenvalue weighted by atomic mass is 32.1. The average Bonchev–Trinajstić information content (AvgIpc) is 2.78. The van der Waals surface area contributed by atoms with Crippen molar-refractivity contribution >= 4 is 11.3 Å². The molecule has 4 nitrogen and oxygen atoms in total. The number of thiazole rings is 1. The van der Waals surface area contributed by atoms with Crippen LogP contribution in [0, 0.1) is 0 Å². The summed E-state index contributed by atoms with van der Waals surface area (Å²) < 4.78 is 0. The van der Waals surface area contributed by atoms with Gasteiger partial charge in [-0.3, -0.25) is 4.98 Å². The maximum atomic E-state index is 9.49. The van der Waals surface area contributed by atoms with Crippen LogP contribution in [0.5, 0.6) is 0 Å². The molecule has 2 aromatic rings. The van der Waals surface area contributed by atoms with Gasteiger partial charge in [-0.1, -0.05) is 6.07 Å². The van der Waals surface area contributed by atoms with E-state index in [-0.39, 0.29) is 6.54 Å². The fourth-order valence-corrected chi connectivity index (χ4v) is 2.01. The molecule has 2 rings (SSSR count). The van der Waals surface area contributed by atoms with Crippen molar-refractivity contribution in [2.75, 3.05) is 6.54 Å². The molecule has 0 aliphatic heterocycles. The summed E-state index contributed by atoms with van der Waals surface area (Å²) in [5.74, 6) is 0. The van der Waals surface area contributed by atoms with Gasteiger partial charge in [0, 0.05) is 18.1 Å². The molecule has 3 N–H and O–H groups in total. The highest BCUT2D eigenvalue weighted by molar-refractivity contribution is 7.13. The second kappa shape index (κ2) is 4.48. The summed E-state index contributed by atoms with van der Waals surface area (Å²) in [4.78, 5) is 8.46. The minimum absolute atomic E-state index is 0.186. The molecule has 0 amide bonds. The van der Waals surface area contributed by atoms with Crippen LogP contribution in [-0.2, 0) is 0 Å². The van der Waals surface area contributed by atoms with Gasteiger partial charge in [0.05, 0.1) is 11.4 Å². The molecule has 1 unspecified atom stereocenters. The second-order valence-electron chi connectivity index (χ2n) is 3.04. The van der Waals surface area contributed by atoms with Gasteiger partial charge in [-0.05, 0) is 12.1 Å². The molecule has 0 bridgehead atoms. The lowest BCUT2D eigenvalue weighted by atomic mass is 10.3. The first-order chi connectivity index (χ1) is 7.31. The standard InChI is InChI=1S/C10H11N3OS/c11-5-9(14)8-6-15-10(13-8)7-3-1-2-4-12-7/h1-4,6,9,14H,5,11H2. The molecular weight excluding hydrogens is 210 g/mol. The van der Waals surface area contributed by atoms with Crippen LogP contribution >= 0.6 is 11.3 Å². The predicted molar refractivity (Wildman–Crippen MR) is 59.4 cm³/mol. The van der Waals surface area contributed by atoms with E-state index in [0.717, 1.165) is 10.7 Å². The van der Waals surface area contributed by atoms with Gasteiger partial charge in [-0.25, -0.2) is 4.98 Å². The number of hydrogen-bond acceptors (Lipinski definition) is 5. The third-order valence-electron chi connectivity index (χ3n) is 1.97. The van der Waals surface area contributed by atoms with Gasteiger partial charge in [-0.2, -0.15) is 0 Å². The van der Waals surface area contributed by atoms with Crippen LogP contribution in [0.2, 0.25) is 0 Å². The van der Waals surface area contributed by atoms with Crippen LogP contribution < -0.4 is 5.73 Å². The number of aromatic nitrogens is 2. The maximum Gasteiger partial charge on any atom is 0.142 e. The molecule has 0 aromatic carbocycles. The van der Waals surface area contributed by atoms with Gasteiger partial charge in [0.1, 0.15) is 11.1 Å². The van der Waals surface area contributed by atoms with Crippen LogP contribution in [0.3, 0.4) is 0 Å². The van der Waals surface area contributed by atoms with Crippen molar-refractivity contribution in [2.45, 2.75) is 6.10 Å². The molecule has 15 heavy (non-hydrogen) atoms. The van der Waals surface area contributed by atoms with Crippen LogP contribution in [0.4, 0.5) is 0 Å². The van der Waals surface area contributed by atoms with Crippen LogP contribution in [0.15, 0.2) is 29.8 Å². The first-order valence-corrected chi connectivity index (χ1v) is 5.44. The molecule has 0 spiro atoms. The van der Waals surface area contributed by atoms with Crippen LogP contribution in [0.1, 0.15) is 11.8 Å². The van der Waals surface area contributed by atoms with Crippen molar-refractivity contribution in [2.24, 2.45) is 5.73 Å². The molecule has 2 heterocycles. The van der Waals surface area contributed by atoms with E-state index in [4.69, 9.17) is 5.73 Å². The fourth-order valence-electron chi connectivity index (χ4n) is 1.17. The van der Waals surface area contributed by atoms with E-state index in [2.05, 4.69) is 9.97 Å². The molecule has 5 heteroatoms. The molecule has 2 aromatic heterocycles. The normalized spacial score (nSPS) is 12.7. The van der Waals surface area contributed by atoms with Gasteiger partial charge in [0.15, 0.2) is 0 Å². The third-order valence-corrected chi connectivity index (χ3v) is 2.85. The molecule has 0 fully saturated rings. The lowest BCUT2D eigenvalue weighted by molar-refractivity contribution is 0.182. The number of pyridine rings is 1. The maximum absolute atomic E-state index is 9.49. The Labute approximate surface area is 91.4 Å². The van der Waals surface area contributed by atoms with Crippen molar-refractivity contribution < 1.29 is 5.11 Å². The summed E-state index contributed by atoms with van der Waals surface area (Å²) in [7, 11) is 0. The summed E-state index contributed by atoms with van der Waals surface area (Å²) in [6.07, 6.45) is 1.04. The summed E-state index contributed by atoms with van der Waals surface area (Å²) in [5, 5.41) is 12.1. The molecule has 0 aliphatic carbocycles. The SMILES string of the molecule is NCC(O)c1csc(-c2ccccn2)n1. The average molecular weight is 221 g/mol. The Morgan fingerprint density at radius 1 is 1.47 bits per heavy atom. The van der Waals surface area contributed by atoms with E-state index in [1.165, 1.54) is 11.3 Å². The Morgan fingerprint density at radius 3 is 3.00 bits per heavy atom. The van der Waals surface area contributed by atoms with Crippen molar-refractivity contribution in [1.29, 1.82) is 0 Å². The van der Waals surface area contributed by atoms with E-state index in [0.29, 0.717) is 5.69 Å². The van der Waals surface area contributed by atoms with Gasteiger partial charge in [-0.15, -0.1) is 11.3 Å². The number of rotatable bonds is 3. The summed E-state index contributed by atoms with van der Waals surface area (Å²) >= 11 is 1.46. The van der Waals surface area contributed by atoms with Crippen molar-refractivity contribution in [3.05, 3.63) is 35.5 Å². The Morgan fingerprint density at radius 2 is 2.33 bits per heavy atom. The second-order valence-corrected chi connectivity index (χ2v) is 3.90. The molecule has 0 saturated carbocycles. The quantitative estimate of drug-likeness (QED) is 0.816. The predicted octanol–water partition coefficient (Wildman–Crippen LogP) is 1.20. The largest absolute Gasteiger partial charge is 0.385 e. The lowest BCUT2D eigenvalue weighted by Gasteiger charge is -2.01. The monoisotopic (exact) mass is 221 g/mol. The van der Waals surface area contributed by atoms with Gasteiger partial charge >= 0.3 is 0 Å². The molecule has 1 atom stereocenters. The van der Waals surface area contributed by atoms with Crippen molar-refractivity contribution in [3.63, 3.8) is 0 Å². The van der Waals surface area contributed by atoms with Gasteiger partial charge < -0.3 is 10.8 Å². The zero-order valence-electron chi connectivity index (χ0n) is 8.00. The molecule has 0 aliphatic rings. The highest BCUT2D eigenvalue weighted by Gasteiger charge is 2.11. The van der Waals surface area contributed by atoms with Gasteiger partial charge in [0.2, 0.25) is 0 Å². The Kier molecular flexibility index (Phi) is 3.05. The molecule has 0 saturated heterocycles. The minimum atomic E-state index is -0.682. The summed E-state index contributed by atoms with van der Waals surface area (Å²) in [5.41, 5.74) is 6.78. The number of hydrogen-bond donors (Lipinski definition) is 2. The smallest absolute Gasteiger partial charge is 0.142 e. The zero-order valence-corrected chi connectivity index (χ0v) is 8.81. The third kappa shape index (κ3) is 2.20. The van der Waals surface area contributed by atoms with E-state index in [9.17, 15) is 5.11 Å². The number of nitrogens with two attached hydrogens (primary N) is 1. The van der Waals surface area contributed by atoms with E-state index >= 15 is 0 Å². The molecular formula is C10H11N3OS. The number of nitrogens with zero attached hydrogens (tertiary/aromatic N) is 2. The first-order valence-electron chi connectivity index (χ1n) is 4.56. The zero-order chi connectivity index (χ0) is 10.7. The topological polar surface area (TPSA) is 72.0 Å². The Balaban J connectivity index is 2.28. The Bertz CT molecular complexity index is 429. The van der Waals surface area contributed by atoms with E-state index in [1.54, 1.807) is 6.20 Å². The van der Waals surface area contributed by atoms with E-state index in [1.807, 2.05) is 23.6 Å². The van der Waals surface area contributed by atoms with Crippen LogP contribution in [0.25, 0.3) is 10.7 Å². The van der Waals surface area contributed by atoms with Crippen LogP contribution in [-0.4, -0.2) is 21.6 Å². The van der Waals surface area contributed by atoms with Crippen molar-refractivity contribution in [3.8, 4) is 10.7 Å². The number of aliphatic hydroxyl groups excluding tert-OH is 1. The van der Waals surface area contributed by atoms with E-state index < -0.39 is 6.10 Å². The minimum Gasteiger partial charge on any atom is -0.385 e. The lowest BCUT2D eigenvalue weighted by Crippen LogP contribution is -2.11. The first kappa shape index (κ1) is 10.2. The highest BCUT2D eigenvalue weighted by Crippen LogP contribution is 2.23.